The molecule has 7 nitrogen and oxygen atoms in total. The Morgan fingerprint density at radius 2 is 2.26 bits per heavy atom. The van der Waals surface area contributed by atoms with Crippen LogP contribution in [0.25, 0.3) is 0 Å². The summed E-state index contributed by atoms with van der Waals surface area (Å²) in [5, 5.41) is 13.6. The van der Waals surface area contributed by atoms with Crippen molar-refractivity contribution in [3.05, 3.63) is 29.1 Å². The van der Waals surface area contributed by atoms with E-state index in [9.17, 15) is 4.79 Å². The van der Waals surface area contributed by atoms with Crippen LogP contribution >= 0.6 is 0 Å². The van der Waals surface area contributed by atoms with Crippen LogP contribution in [0, 0.1) is 6.92 Å². The quantitative estimate of drug-likeness (QED) is 0.856. The number of aromatic amines is 1. The average molecular weight is 262 g/mol. The molecular weight excluding hydrogens is 244 g/mol. The molecule has 2 N–H and O–H groups in total. The minimum absolute atomic E-state index is 0.172. The lowest BCUT2D eigenvalue weighted by Gasteiger charge is -2.02. The summed E-state index contributed by atoms with van der Waals surface area (Å²) in [7, 11) is 1.87. The van der Waals surface area contributed by atoms with E-state index in [1.165, 1.54) is 0 Å². The molecule has 19 heavy (non-hydrogen) atoms. The van der Waals surface area contributed by atoms with E-state index >= 15 is 0 Å². The Balaban J connectivity index is 1.99. The van der Waals surface area contributed by atoms with Crippen LogP contribution in [0.3, 0.4) is 0 Å². The molecule has 0 aliphatic heterocycles. The molecular formula is C12H18N6O. The molecule has 0 saturated carbocycles. The molecule has 0 spiro atoms. The van der Waals surface area contributed by atoms with Crippen LogP contribution in [0.5, 0.6) is 0 Å². The van der Waals surface area contributed by atoms with Gasteiger partial charge in [0.05, 0.1) is 6.20 Å². The highest BCUT2D eigenvalue weighted by molar-refractivity contribution is 5.90. The third-order valence-corrected chi connectivity index (χ3v) is 3.03. The van der Waals surface area contributed by atoms with Gasteiger partial charge < -0.3 is 5.32 Å². The lowest BCUT2D eigenvalue weighted by Crippen LogP contribution is -2.24. The molecule has 0 aromatic carbocycles. The number of nitrogens with zero attached hydrogens (tertiary/aromatic N) is 4. The lowest BCUT2D eigenvalue weighted by atomic mass is 10.2. The van der Waals surface area contributed by atoms with Gasteiger partial charge in [-0.1, -0.05) is 13.8 Å². The number of amides is 1. The van der Waals surface area contributed by atoms with Gasteiger partial charge in [0.1, 0.15) is 5.82 Å². The van der Waals surface area contributed by atoms with Crippen molar-refractivity contribution in [3.63, 3.8) is 0 Å². The summed E-state index contributed by atoms with van der Waals surface area (Å²) in [5.41, 5.74) is 2.01. The number of H-pyrrole nitrogens is 1. The van der Waals surface area contributed by atoms with Crippen molar-refractivity contribution < 1.29 is 4.79 Å². The second-order valence-corrected chi connectivity index (χ2v) is 4.76. The average Bonchev–Trinajstić information content (AvgIpc) is 2.97. The maximum Gasteiger partial charge on any atom is 0.291 e. The smallest absolute Gasteiger partial charge is 0.291 e. The molecule has 0 aliphatic rings. The van der Waals surface area contributed by atoms with Gasteiger partial charge >= 0.3 is 0 Å². The van der Waals surface area contributed by atoms with Gasteiger partial charge in [0.25, 0.3) is 5.91 Å². The molecule has 0 fully saturated rings. The third kappa shape index (κ3) is 2.81. The van der Waals surface area contributed by atoms with Crippen LogP contribution < -0.4 is 5.32 Å². The van der Waals surface area contributed by atoms with Crippen molar-refractivity contribution in [2.45, 2.75) is 33.2 Å². The van der Waals surface area contributed by atoms with Crippen LogP contribution in [0.15, 0.2) is 6.20 Å². The van der Waals surface area contributed by atoms with Gasteiger partial charge in [0, 0.05) is 30.8 Å². The Morgan fingerprint density at radius 3 is 2.79 bits per heavy atom. The molecule has 2 heterocycles. The zero-order valence-electron chi connectivity index (χ0n) is 11.6. The fraction of sp³-hybridized carbons (Fsp3) is 0.500. The monoisotopic (exact) mass is 262 g/mol. The number of hydrogen-bond donors (Lipinski definition) is 2. The molecule has 0 unspecified atom stereocenters. The summed E-state index contributed by atoms with van der Waals surface area (Å²) >= 11 is 0. The van der Waals surface area contributed by atoms with E-state index in [2.05, 4.69) is 25.6 Å². The highest BCUT2D eigenvalue weighted by atomic mass is 16.2. The molecule has 0 bridgehead atoms. The van der Waals surface area contributed by atoms with Gasteiger partial charge in [0.2, 0.25) is 5.82 Å². The van der Waals surface area contributed by atoms with E-state index in [4.69, 9.17) is 0 Å². The largest absolute Gasteiger partial charge is 0.345 e. The van der Waals surface area contributed by atoms with Gasteiger partial charge in [-0.25, -0.2) is 4.98 Å². The molecule has 1 amide bonds. The highest BCUT2D eigenvalue weighted by Gasteiger charge is 2.14. The zero-order valence-corrected chi connectivity index (χ0v) is 11.6. The predicted molar refractivity (Wildman–Crippen MR) is 69.6 cm³/mol. The number of rotatable bonds is 4. The summed E-state index contributed by atoms with van der Waals surface area (Å²) in [4.78, 5) is 16.0. The number of carbonyl (C=O) groups excluding carboxylic acids is 1. The van der Waals surface area contributed by atoms with Crippen molar-refractivity contribution in [1.29, 1.82) is 0 Å². The Morgan fingerprint density at radius 1 is 1.53 bits per heavy atom. The summed E-state index contributed by atoms with van der Waals surface area (Å²) in [6, 6.07) is 0. The Kier molecular flexibility index (Phi) is 3.64. The standard InChI is InChI=1S/C12H18N6O/c1-7(2)10-15-11(17-16-10)12(19)13-5-9-6-14-18(4)8(9)3/h6-7H,5H2,1-4H3,(H,13,19)(H,15,16,17). The topological polar surface area (TPSA) is 88.5 Å². The summed E-state index contributed by atoms with van der Waals surface area (Å²) in [6.07, 6.45) is 1.74. The van der Waals surface area contributed by atoms with E-state index in [0.29, 0.717) is 12.4 Å². The Hall–Kier alpha value is -2.18. The lowest BCUT2D eigenvalue weighted by molar-refractivity contribution is 0.0941. The Labute approximate surface area is 111 Å². The van der Waals surface area contributed by atoms with Crippen LogP contribution in [0.2, 0.25) is 0 Å². The van der Waals surface area contributed by atoms with Crippen LogP contribution in [-0.2, 0) is 13.6 Å². The first kappa shape index (κ1) is 13.3. The van der Waals surface area contributed by atoms with Crippen LogP contribution in [-0.4, -0.2) is 30.9 Å². The summed E-state index contributed by atoms with van der Waals surface area (Å²) in [5.74, 6) is 0.814. The van der Waals surface area contributed by atoms with Gasteiger partial charge in [-0.05, 0) is 6.92 Å². The van der Waals surface area contributed by atoms with Gasteiger partial charge in [-0.15, -0.1) is 5.10 Å². The third-order valence-electron chi connectivity index (χ3n) is 3.03. The first-order valence-electron chi connectivity index (χ1n) is 6.17. The minimum atomic E-state index is -0.286. The maximum absolute atomic E-state index is 11.9. The second-order valence-electron chi connectivity index (χ2n) is 4.76. The maximum atomic E-state index is 11.9. The van der Waals surface area contributed by atoms with Gasteiger partial charge in [0.15, 0.2) is 0 Å². The summed E-state index contributed by atoms with van der Waals surface area (Å²) < 4.78 is 1.77. The van der Waals surface area contributed by atoms with Crippen LogP contribution in [0.4, 0.5) is 0 Å². The number of nitrogens with one attached hydrogen (secondary N) is 2. The predicted octanol–water partition coefficient (Wildman–Crippen LogP) is 0.900. The first-order chi connectivity index (χ1) is 8.99. The van der Waals surface area contributed by atoms with Crippen molar-refractivity contribution >= 4 is 5.91 Å². The number of aryl methyl sites for hydroxylation is 1. The zero-order chi connectivity index (χ0) is 14.0. The number of hydrogen-bond acceptors (Lipinski definition) is 4. The van der Waals surface area contributed by atoms with Gasteiger partial charge in [-0.3, -0.25) is 14.6 Å². The van der Waals surface area contributed by atoms with E-state index in [-0.39, 0.29) is 17.6 Å². The SMILES string of the molecule is Cc1c(CNC(=O)c2n[nH]c(C(C)C)n2)cnn1C. The fourth-order valence-corrected chi connectivity index (χ4v) is 1.61. The molecule has 0 saturated heterocycles. The number of carbonyl (C=O) groups is 1. The second kappa shape index (κ2) is 5.21. The van der Waals surface area contributed by atoms with E-state index in [1.807, 2.05) is 27.8 Å². The van der Waals surface area contributed by atoms with Crippen molar-refractivity contribution in [3.8, 4) is 0 Å². The van der Waals surface area contributed by atoms with E-state index < -0.39 is 0 Å². The Bertz CT molecular complexity index is 583. The summed E-state index contributed by atoms with van der Waals surface area (Å²) in [6.45, 7) is 6.35. The first-order valence-corrected chi connectivity index (χ1v) is 6.17. The normalized spacial score (nSPS) is 11.0. The fourth-order valence-electron chi connectivity index (χ4n) is 1.61. The highest BCUT2D eigenvalue weighted by Crippen LogP contribution is 2.08. The minimum Gasteiger partial charge on any atom is -0.345 e. The van der Waals surface area contributed by atoms with Gasteiger partial charge in [-0.2, -0.15) is 5.10 Å². The molecule has 0 aliphatic carbocycles. The molecule has 2 aromatic heterocycles. The van der Waals surface area contributed by atoms with Crippen molar-refractivity contribution in [2.75, 3.05) is 0 Å². The van der Waals surface area contributed by atoms with Crippen molar-refractivity contribution in [2.24, 2.45) is 7.05 Å². The molecule has 0 radical (unpaired) electrons. The molecule has 2 aromatic rings. The molecule has 2 rings (SSSR count). The van der Waals surface area contributed by atoms with Crippen molar-refractivity contribution in [1.82, 2.24) is 30.3 Å². The van der Waals surface area contributed by atoms with E-state index in [1.54, 1.807) is 10.9 Å². The molecule has 0 atom stereocenters. The molecule has 102 valence electrons. The number of aromatic nitrogens is 5. The molecule has 7 heteroatoms. The van der Waals surface area contributed by atoms with E-state index in [0.717, 1.165) is 11.3 Å². The van der Waals surface area contributed by atoms with Crippen LogP contribution in [0.1, 0.15) is 47.5 Å².